The zero-order chi connectivity index (χ0) is 13.2. The second kappa shape index (κ2) is 4.82. The average Bonchev–Trinajstić information content (AvgIpc) is 2.80. The van der Waals surface area contributed by atoms with E-state index in [1.807, 2.05) is 29.0 Å². The Morgan fingerprint density at radius 3 is 2.68 bits per heavy atom. The van der Waals surface area contributed by atoms with Gasteiger partial charge in [0.15, 0.2) is 0 Å². The largest absolute Gasteiger partial charge is 0.343 e. The van der Waals surface area contributed by atoms with Crippen molar-refractivity contribution in [1.82, 2.24) is 9.55 Å². The number of hydrogen-bond acceptors (Lipinski definition) is 2. The highest BCUT2D eigenvalue weighted by molar-refractivity contribution is 5.84. The second-order valence-electron chi connectivity index (χ2n) is 4.48. The molecule has 0 amide bonds. The lowest BCUT2D eigenvalue weighted by molar-refractivity contribution is 0.639. The summed E-state index contributed by atoms with van der Waals surface area (Å²) < 4.78 is 15.9. The molecule has 3 aromatic rings. The fourth-order valence-electron chi connectivity index (χ4n) is 2.36. The molecule has 0 aliphatic heterocycles. The Kier molecular flexibility index (Phi) is 3.01. The van der Waals surface area contributed by atoms with E-state index >= 15 is 0 Å². The van der Waals surface area contributed by atoms with Gasteiger partial charge in [-0.3, -0.25) is 4.98 Å². The van der Waals surface area contributed by atoms with E-state index in [1.165, 1.54) is 6.07 Å². The van der Waals surface area contributed by atoms with E-state index in [4.69, 9.17) is 5.73 Å². The summed E-state index contributed by atoms with van der Waals surface area (Å²) in [4.78, 5) is 4.00. The highest BCUT2D eigenvalue weighted by Gasteiger charge is 2.11. The zero-order valence-electron chi connectivity index (χ0n) is 10.4. The molecule has 2 heterocycles. The molecule has 96 valence electrons. The maximum absolute atomic E-state index is 13.9. The fraction of sp³-hybridized carbons (Fsp3) is 0.133. The first kappa shape index (κ1) is 11.9. The molecule has 0 bridgehead atoms. The number of rotatable bonds is 3. The Balaban J connectivity index is 2.12. The van der Waals surface area contributed by atoms with E-state index < -0.39 is 0 Å². The third kappa shape index (κ3) is 2.11. The summed E-state index contributed by atoms with van der Waals surface area (Å²) in [6.45, 7) is 1.02. The lowest BCUT2D eigenvalue weighted by atomic mass is 10.1. The van der Waals surface area contributed by atoms with Crippen molar-refractivity contribution in [2.24, 2.45) is 5.73 Å². The van der Waals surface area contributed by atoms with Gasteiger partial charge in [-0.25, -0.2) is 4.39 Å². The van der Waals surface area contributed by atoms with Crippen molar-refractivity contribution in [1.29, 1.82) is 0 Å². The number of aromatic nitrogens is 2. The van der Waals surface area contributed by atoms with Crippen LogP contribution >= 0.6 is 0 Å². The van der Waals surface area contributed by atoms with Crippen LogP contribution in [0.3, 0.4) is 0 Å². The third-order valence-electron chi connectivity index (χ3n) is 3.26. The van der Waals surface area contributed by atoms with Crippen molar-refractivity contribution < 1.29 is 4.39 Å². The second-order valence-corrected chi connectivity index (χ2v) is 4.48. The van der Waals surface area contributed by atoms with Gasteiger partial charge in [-0.05, 0) is 35.4 Å². The van der Waals surface area contributed by atoms with Gasteiger partial charge in [-0.15, -0.1) is 0 Å². The smallest absolute Gasteiger partial charge is 0.132 e. The molecule has 0 spiro atoms. The molecule has 0 fully saturated rings. The van der Waals surface area contributed by atoms with Crippen LogP contribution in [0, 0.1) is 5.82 Å². The van der Waals surface area contributed by atoms with Crippen LogP contribution in [-0.4, -0.2) is 9.55 Å². The van der Waals surface area contributed by atoms with Crippen molar-refractivity contribution >= 4 is 10.9 Å². The highest BCUT2D eigenvalue weighted by atomic mass is 19.1. The van der Waals surface area contributed by atoms with Crippen molar-refractivity contribution in [2.75, 3.05) is 0 Å². The average molecular weight is 255 g/mol. The molecule has 1 aromatic carbocycles. The molecular weight excluding hydrogens is 241 g/mol. The minimum atomic E-state index is -0.216. The standard InChI is InChI=1S/C15H14FN3/c16-13-2-1-3-14-15(13)12(8-17)10-19(14)9-11-4-6-18-7-5-11/h1-7,10H,8-9,17H2. The Hall–Kier alpha value is -2.20. The Morgan fingerprint density at radius 2 is 1.95 bits per heavy atom. The minimum absolute atomic E-state index is 0.216. The summed E-state index contributed by atoms with van der Waals surface area (Å²) in [5, 5.41) is 0.624. The first-order chi connectivity index (χ1) is 9.29. The van der Waals surface area contributed by atoms with E-state index in [9.17, 15) is 4.39 Å². The topological polar surface area (TPSA) is 43.8 Å². The van der Waals surface area contributed by atoms with Gasteiger partial charge in [0, 0.05) is 37.1 Å². The molecule has 3 nitrogen and oxygen atoms in total. The van der Waals surface area contributed by atoms with Gasteiger partial charge < -0.3 is 10.3 Å². The molecule has 3 rings (SSSR count). The predicted molar refractivity (Wildman–Crippen MR) is 73.1 cm³/mol. The molecule has 0 unspecified atom stereocenters. The van der Waals surface area contributed by atoms with Crippen LogP contribution in [0.1, 0.15) is 11.1 Å². The molecule has 0 radical (unpaired) electrons. The van der Waals surface area contributed by atoms with Gasteiger partial charge in [-0.1, -0.05) is 6.07 Å². The number of benzene rings is 1. The Morgan fingerprint density at radius 1 is 1.16 bits per heavy atom. The van der Waals surface area contributed by atoms with Crippen molar-refractivity contribution in [2.45, 2.75) is 13.1 Å². The maximum atomic E-state index is 13.9. The number of halogens is 1. The van der Waals surface area contributed by atoms with Gasteiger partial charge in [0.2, 0.25) is 0 Å². The van der Waals surface area contributed by atoms with Crippen molar-refractivity contribution in [3.63, 3.8) is 0 Å². The van der Waals surface area contributed by atoms with Gasteiger partial charge in [-0.2, -0.15) is 0 Å². The molecule has 0 saturated carbocycles. The monoisotopic (exact) mass is 255 g/mol. The molecule has 0 atom stereocenters. The molecule has 2 N–H and O–H groups in total. The minimum Gasteiger partial charge on any atom is -0.343 e. The van der Waals surface area contributed by atoms with E-state index in [0.29, 0.717) is 18.5 Å². The lowest BCUT2D eigenvalue weighted by Crippen LogP contribution is -1.98. The summed E-state index contributed by atoms with van der Waals surface area (Å²) in [5.74, 6) is -0.216. The molecule has 0 aliphatic carbocycles. The van der Waals surface area contributed by atoms with Gasteiger partial charge in [0.25, 0.3) is 0 Å². The lowest BCUT2D eigenvalue weighted by Gasteiger charge is -2.05. The summed E-state index contributed by atoms with van der Waals surface area (Å²) >= 11 is 0. The van der Waals surface area contributed by atoms with Crippen LogP contribution in [0.4, 0.5) is 4.39 Å². The SMILES string of the molecule is NCc1cn(Cc2ccncc2)c2cccc(F)c12. The molecule has 0 saturated heterocycles. The van der Waals surface area contributed by atoms with Gasteiger partial charge in [0.05, 0.1) is 5.52 Å². The summed E-state index contributed by atoms with van der Waals surface area (Å²) in [5.41, 5.74) is 8.53. The molecule has 0 aliphatic rings. The van der Waals surface area contributed by atoms with Crippen LogP contribution in [0.5, 0.6) is 0 Å². The Bertz CT molecular complexity index is 704. The highest BCUT2D eigenvalue weighted by Crippen LogP contribution is 2.24. The first-order valence-corrected chi connectivity index (χ1v) is 6.15. The van der Waals surface area contributed by atoms with Crippen LogP contribution in [0.15, 0.2) is 48.9 Å². The predicted octanol–water partition coefficient (Wildman–Crippen LogP) is 2.68. The number of fused-ring (bicyclic) bond motifs is 1. The summed E-state index contributed by atoms with van der Waals surface area (Å²) in [7, 11) is 0. The summed E-state index contributed by atoms with van der Waals surface area (Å²) in [6, 6.07) is 9.01. The molecular formula is C15H14FN3. The normalized spacial score (nSPS) is 11.1. The van der Waals surface area contributed by atoms with Gasteiger partial charge in [0.1, 0.15) is 5.82 Å². The fourth-order valence-corrected chi connectivity index (χ4v) is 2.36. The number of hydrogen-bond donors (Lipinski definition) is 1. The Labute approximate surface area is 110 Å². The van der Waals surface area contributed by atoms with Crippen LogP contribution < -0.4 is 5.73 Å². The maximum Gasteiger partial charge on any atom is 0.132 e. The molecule has 4 heteroatoms. The quantitative estimate of drug-likeness (QED) is 0.782. The van der Waals surface area contributed by atoms with E-state index in [0.717, 1.165) is 16.6 Å². The van der Waals surface area contributed by atoms with E-state index in [2.05, 4.69) is 4.98 Å². The van der Waals surface area contributed by atoms with Crippen molar-refractivity contribution in [3.05, 3.63) is 65.9 Å². The molecule has 19 heavy (non-hydrogen) atoms. The number of pyridine rings is 1. The van der Waals surface area contributed by atoms with E-state index in [-0.39, 0.29) is 5.82 Å². The van der Waals surface area contributed by atoms with Crippen molar-refractivity contribution in [3.8, 4) is 0 Å². The van der Waals surface area contributed by atoms with Crippen LogP contribution in [0.2, 0.25) is 0 Å². The molecule has 2 aromatic heterocycles. The number of nitrogens with two attached hydrogens (primary N) is 1. The third-order valence-corrected chi connectivity index (χ3v) is 3.26. The van der Waals surface area contributed by atoms with Crippen LogP contribution in [-0.2, 0) is 13.1 Å². The van der Waals surface area contributed by atoms with Gasteiger partial charge >= 0.3 is 0 Å². The summed E-state index contributed by atoms with van der Waals surface area (Å²) in [6.07, 6.45) is 5.44. The number of nitrogens with zero attached hydrogens (tertiary/aromatic N) is 2. The van der Waals surface area contributed by atoms with E-state index in [1.54, 1.807) is 18.5 Å². The zero-order valence-corrected chi connectivity index (χ0v) is 10.4. The first-order valence-electron chi connectivity index (χ1n) is 6.15. The van der Waals surface area contributed by atoms with Crippen LogP contribution in [0.25, 0.3) is 10.9 Å².